The molecular formula is C16H30O7. The minimum atomic E-state index is -0.846. The first-order valence-corrected chi connectivity index (χ1v) is 8.27. The minimum absolute atomic E-state index is 0.0834. The Labute approximate surface area is 138 Å². The molecule has 0 aliphatic carbocycles. The summed E-state index contributed by atoms with van der Waals surface area (Å²) in [6, 6.07) is 0. The molecule has 1 N–H and O–H groups in total. The van der Waals surface area contributed by atoms with Crippen LogP contribution in [-0.2, 0) is 28.5 Å². The number of carbonyl (C=O) groups excluding carboxylic acids is 1. The standard InChI is InChI=1S/C16H30O7/c1-2-3-8-20-9-10-21-11-12-22-13-14-23-16(19)7-5-4-6-15(17)18/h2-14H2,1H3,(H,17,18). The summed E-state index contributed by atoms with van der Waals surface area (Å²) in [6.45, 7) is 5.52. The summed E-state index contributed by atoms with van der Waals surface area (Å²) in [5, 5.41) is 8.46. The maximum atomic E-state index is 11.3. The van der Waals surface area contributed by atoms with Crippen LogP contribution in [0.3, 0.4) is 0 Å². The largest absolute Gasteiger partial charge is 0.481 e. The van der Waals surface area contributed by atoms with E-state index in [4.69, 9.17) is 24.1 Å². The molecule has 23 heavy (non-hydrogen) atoms. The van der Waals surface area contributed by atoms with Crippen LogP contribution in [0, 0.1) is 0 Å². The van der Waals surface area contributed by atoms with Gasteiger partial charge in [0.25, 0.3) is 0 Å². The van der Waals surface area contributed by atoms with E-state index in [9.17, 15) is 9.59 Å². The first-order chi connectivity index (χ1) is 11.2. The third-order valence-electron chi connectivity index (χ3n) is 2.90. The molecule has 0 bridgehead atoms. The zero-order valence-corrected chi connectivity index (χ0v) is 14.1. The summed E-state index contributed by atoms with van der Waals surface area (Å²) in [5.41, 5.74) is 0. The molecule has 0 aromatic rings. The van der Waals surface area contributed by atoms with E-state index in [-0.39, 0.29) is 25.4 Å². The van der Waals surface area contributed by atoms with E-state index in [1.807, 2.05) is 0 Å². The summed E-state index contributed by atoms with van der Waals surface area (Å²) >= 11 is 0. The average Bonchev–Trinajstić information content (AvgIpc) is 2.52. The highest BCUT2D eigenvalue weighted by molar-refractivity contribution is 5.69. The molecular weight excluding hydrogens is 304 g/mol. The lowest BCUT2D eigenvalue weighted by molar-refractivity contribution is -0.146. The van der Waals surface area contributed by atoms with Gasteiger partial charge in [-0.15, -0.1) is 0 Å². The molecule has 0 atom stereocenters. The number of carboxylic acids is 1. The lowest BCUT2D eigenvalue weighted by atomic mass is 10.2. The molecule has 0 radical (unpaired) electrons. The van der Waals surface area contributed by atoms with Crippen LogP contribution >= 0.6 is 0 Å². The molecule has 0 unspecified atom stereocenters. The number of hydrogen-bond donors (Lipinski definition) is 1. The van der Waals surface area contributed by atoms with E-state index in [1.165, 1.54) is 0 Å². The van der Waals surface area contributed by atoms with Gasteiger partial charge in [0.05, 0.1) is 33.0 Å². The van der Waals surface area contributed by atoms with Crippen LogP contribution < -0.4 is 0 Å². The smallest absolute Gasteiger partial charge is 0.305 e. The van der Waals surface area contributed by atoms with Gasteiger partial charge >= 0.3 is 11.9 Å². The molecule has 0 aliphatic heterocycles. The molecule has 136 valence electrons. The predicted molar refractivity (Wildman–Crippen MR) is 84.4 cm³/mol. The van der Waals surface area contributed by atoms with E-state index in [2.05, 4.69) is 6.92 Å². The fraction of sp³-hybridized carbons (Fsp3) is 0.875. The van der Waals surface area contributed by atoms with Crippen molar-refractivity contribution in [1.29, 1.82) is 0 Å². The van der Waals surface area contributed by atoms with Crippen molar-refractivity contribution in [2.45, 2.75) is 45.4 Å². The third-order valence-corrected chi connectivity index (χ3v) is 2.90. The van der Waals surface area contributed by atoms with Gasteiger partial charge in [-0.1, -0.05) is 13.3 Å². The van der Waals surface area contributed by atoms with Crippen molar-refractivity contribution < 1.29 is 33.6 Å². The van der Waals surface area contributed by atoms with Gasteiger partial charge in [0.2, 0.25) is 0 Å². The maximum Gasteiger partial charge on any atom is 0.305 e. The van der Waals surface area contributed by atoms with Crippen molar-refractivity contribution >= 4 is 11.9 Å². The van der Waals surface area contributed by atoms with Gasteiger partial charge in [0.1, 0.15) is 6.61 Å². The first kappa shape index (κ1) is 21.8. The number of ether oxygens (including phenoxy) is 4. The highest BCUT2D eigenvalue weighted by Gasteiger charge is 2.04. The molecule has 0 aromatic carbocycles. The van der Waals surface area contributed by atoms with Gasteiger partial charge in [-0.05, 0) is 19.3 Å². The van der Waals surface area contributed by atoms with E-state index < -0.39 is 5.97 Å². The van der Waals surface area contributed by atoms with Crippen molar-refractivity contribution in [2.75, 3.05) is 46.2 Å². The Morgan fingerprint density at radius 3 is 1.83 bits per heavy atom. The van der Waals surface area contributed by atoms with Crippen LogP contribution in [0.25, 0.3) is 0 Å². The Morgan fingerprint density at radius 1 is 0.739 bits per heavy atom. The van der Waals surface area contributed by atoms with Crippen LogP contribution in [-0.4, -0.2) is 63.3 Å². The molecule has 0 saturated carbocycles. The topological polar surface area (TPSA) is 91.3 Å². The number of esters is 1. The number of aliphatic carboxylic acids is 1. The summed E-state index contributed by atoms with van der Waals surface area (Å²) in [7, 11) is 0. The Hall–Kier alpha value is -1.18. The van der Waals surface area contributed by atoms with Crippen molar-refractivity contribution in [3.63, 3.8) is 0 Å². The molecule has 0 saturated heterocycles. The second-order valence-electron chi connectivity index (χ2n) is 5.01. The summed E-state index contributed by atoms with van der Waals surface area (Å²) in [4.78, 5) is 21.6. The van der Waals surface area contributed by atoms with Gasteiger partial charge in [0.15, 0.2) is 0 Å². The van der Waals surface area contributed by atoms with Crippen molar-refractivity contribution in [3.8, 4) is 0 Å². The van der Waals surface area contributed by atoms with Crippen LogP contribution in [0.4, 0.5) is 0 Å². The Kier molecular flexibility index (Phi) is 16.3. The molecule has 7 heteroatoms. The van der Waals surface area contributed by atoms with Crippen LogP contribution in [0.2, 0.25) is 0 Å². The number of unbranched alkanes of at least 4 members (excludes halogenated alkanes) is 2. The predicted octanol–water partition coefficient (Wildman–Crippen LogP) is 2.02. The quantitative estimate of drug-likeness (QED) is 0.321. The summed E-state index contributed by atoms with van der Waals surface area (Å²) in [5.74, 6) is -1.17. The molecule has 0 fully saturated rings. The van der Waals surface area contributed by atoms with E-state index in [0.29, 0.717) is 45.9 Å². The fourth-order valence-corrected chi connectivity index (χ4v) is 1.62. The highest BCUT2D eigenvalue weighted by Crippen LogP contribution is 2.01. The third kappa shape index (κ3) is 18.8. The van der Waals surface area contributed by atoms with Crippen molar-refractivity contribution in [3.05, 3.63) is 0 Å². The number of rotatable bonds is 17. The SMILES string of the molecule is CCCCOCCOCCOCCOC(=O)CCCCC(=O)O. The van der Waals surface area contributed by atoms with E-state index in [1.54, 1.807) is 0 Å². The molecule has 0 rings (SSSR count). The normalized spacial score (nSPS) is 10.7. The number of carboxylic acid groups (broad SMARTS) is 1. The van der Waals surface area contributed by atoms with Gasteiger partial charge < -0.3 is 24.1 Å². The average molecular weight is 334 g/mol. The maximum absolute atomic E-state index is 11.3. The monoisotopic (exact) mass is 334 g/mol. The van der Waals surface area contributed by atoms with Gasteiger partial charge in [-0.3, -0.25) is 9.59 Å². The molecule has 0 amide bonds. The molecule has 0 aliphatic rings. The molecule has 7 nitrogen and oxygen atoms in total. The lowest BCUT2D eigenvalue weighted by Crippen LogP contribution is -2.14. The molecule has 0 heterocycles. The van der Waals surface area contributed by atoms with E-state index >= 15 is 0 Å². The van der Waals surface area contributed by atoms with Crippen LogP contribution in [0.15, 0.2) is 0 Å². The van der Waals surface area contributed by atoms with Crippen LogP contribution in [0.5, 0.6) is 0 Å². The summed E-state index contributed by atoms with van der Waals surface area (Å²) in [6.07, 6.45) is 3.54. The Bertz CT molecular complexity index is 294. The second kappa shape index (κ2) is 17.2. The van der Waals surface area contributed by atoms with Gasteiger partial charge in [0, 0.05) is 19.4 Å². The lowest BCUT2D eigenvalue weighted by Gasteiger charge is -2.07. The minimum Gasteiger partial charge on any atom is -0.481 e. The highest BCUT2D eigenvalue weighted by atomic mass is 16.6. The molecule has 0 spiro atoms. The summed E-state index contributed by atoms with van der Waals surface area (Å²) < 4.78 is 20.9. The fourth-order valence-electron chi connectivity index (χ4n) is 1.62. The van der Waals surface area contributed by atoms with Gasteiger partial charge in [-0.25, -0.2) is 0 Å². The first-order valence-electron chi connectivity index (χ1n) is 8.27. The number of hydrogen-bond acceptors (Lipinski definition) is 6. The zero-order valence-electron chi connectivity index (χ0n) is 14.1. The second-order valence-corrected chi connectivity index (χ2v) is 5.01. The van der Waals surface area contributed by atoms with Crippen LogP contribution in [0.1, 0.15) is 45.4 Å². The molecule has 0 aromatic heterocycles. The number of carbonyl (C=O) groups is 2. The zero-order chi connectivity index (χ0) is 17.2. The Balaban J connectivity index is 3.14. The Morgan fingerprint density at radius 2 is 1.26 bits per heavy atom. The van der Waals surface area contributed by atoms with Crippen molar-refractivity contribution in [1.82, 2.24) is 0 Å². The van der Waals surface area contributed by atoms with E-state index in [0.717, 1.165) is 19.4 Å². The van der Waals surface area contributed by atoms with Gasteiger partial charge in [-0.2, -0.15) is 0 Å². The van der Waals surface area contributed by atoms with Crippen molar-refractivity contribution in [2.24, 2.45) is 0 Å².